The summed E-state index contributed by atoms with van der Waals surface area (Å²) in [5.41, 5.74) is 0.384. The summed E-state index contributed by atoms with van der Waals surface area (Å²) < 4.78 is 5.35. The highest BCUT2D eigenvalue weighted by atomic mass is 16.6. The number of rotatable bonds is 10. The Morgan fingerprint density at radius 2 is 1.86 bits per heavy atom. The summed E-state index contributed by atoms with van der Waals surface area (Å²) in [4.78, 5) is 12.2. The zero-order valence-corrected chi connectivity index (χ0v) is 17.8. The Kier molecular flexibility index (Phi) is 9.44. The fourth-order valence-corrected chi connectivity index (χ4v) is 2.79. The number of carbonyl (C=O) groups is 1. The van der Waals surface area contributed by atoms with Crippen LogP contribution in [0.15, 0.2) is 30.3 Å². The van der Waals surface area contributed by atoms with Crippen LogP contribution in [0.4, 0.5) is 4.79 Å². The van der Waals surface area contributed by atoms with Crippen molar-refractivity contribution in [3.05, 3.63) is 35.9 Å². The monoisotopic (exact) mass is 389 g/mol. The molecule has 1 aromatic carbocycles. The second kappa shape index (κ2) is 11.0. The van der Waals surface area contributed by atoms with Crippen molar-refractivity contribution in [3.8, 4) is 6.07 Å². The first-order valence-corrected chi connectivity index (χ1v) is 9.81. The van der Waals surface area contributed by atoms with E-state index in [9.17, 15) is 9.90 Å². The smallest absolute Gasteiger partial charge is 0.407 e. The molecule has 0 saturated heterocycles. The third-order valence-corrected chi connectivity index (χ3v) is 4.34. The van der Waals surface area contributed by atoms with Gasteiger partial charge >= 0.3 is 6.09 Å². The minimum Gasteiger partial charge on any atom is -0.444 e. The van der Waals surface area contributed by atoms with Gasteiger partial charge in [-0.1, -0.05) is 44.2 Å². The molecule has 156 valence electrons. The van der Waals surface area contributed by atoms with E-state index in [1.54, 1.807) is 20.8 Å². The van der Waals surface area contributed by atoms with Gasteiger partial charge in [-0.3, -0.25) is 0 Å². The van der Waals surface area contributed by atoms with Crippen molar-refractivity contribution in [3.63, 3.8) is 0 Å². The van der Waals surface area contributed by atoms with Gasteiger partial charge in [-0.05, 0) is 44.6 Å². The van der Waals surface area contributed by atoms with Crippen LogP contribution in [0.2, 0.25) is 0 Å². The van der Waals surface area contributed by atoms with Gasteiger partial charge in [0.05, 0.1) is 18.2 Å². The number of aliphatic hydroxyl groups is 1. The number of aliphatic hydroxyl groups excluding tert-OH is 1. The van der Waals surface area contributed by atoms with Crippen molar-refractivity contribution in [2.24, 2.45) is 5.41 Å². The molecule has 0 saturated carbocycles. The Labute approximate surface area is 169 Å². The van der Waals surface area contributed by atoms with Crippen LogP contribution in [0.5, 0.6) is 0 Å². The van der Waals surface area contributed by atoms with Gasteiger partial charge in [-0.15, -0.1) is 0 Å². The highest BCUT2D eigenvalue weighted by Crippen LogP contribution is 2.20. The molecular formula is C22H35N3O3. The van der Waals surface area contributed by atoms with Crippen LogP contribution in [0.1, 0.15) is 53.0 Å². The predicted molar refractivity (Wildman–Crippen MR) is 111 cm³/mol. The minimum atomic E-state index is -0.778. The van der Waals surface area contributed by atoms with E-state index in [1.807, 2.05) is 30.3 Å². The zero-order valence-electron chi connectivity index (χ0n) is 17.8. The van der Waals surface area contributed by atoms with Gasteiger partial charge in [-0.25, -0.2) is 4.79 Å². The Bertz CT molecular complexity index is 633. The largest absolute Gasteiger partial charge is 0.444 e. The Morgan fingerprint density at radius 3 is 2.43 bits per heavy atom. The number of ether oxygens (including phenoxy) is 1. The number of nitriles is 1. The maximum absolute atomic E-state index is 12.2. The summed E-state index contributed by atoms with van der Waals surface area (Å²) in [5.74, 6) is 0. The van der Waals surface area contributed by atoms with Crippen molar-refractivity contribution < 1.29 is 14.6 Å². The number of amides is 1. The number of alkyl carbamates (subject to hydrolysis) is 1. The Hall–Kier alpha value is -2.10. The van der Waals surface area contributed by atoms with Crippen LogP contribution in [-0.2, 0) is 11.2 Å². The third-order valence-electron chi connectivity index (χ3n) is 4.34. The fourth-order valence-electron chi connectivity index (χ4n) is 2.79. The number of nitrogens with one attached hydrogen (secondary N) is 2. The molecule has 0 heterocycles. The van der Waals surface area contributed by atoms with Gasteiger partial charge in [0.1, 0.15) is 5.60 Å². The highest BCUT2D eigenvalue weighted by molar-refractivity contribution is 5.68. The molecule has 1 aromatic rings. The molecule has 1 amide bonds. The molecule has 1 rings (SSSR count). The highest BCUT2D eigenvalue weighted by Gasteiger charge is 2.25. The molecule has 6 heteroatoms. The summed E-state index contributed by atoms with van der Waals surface area (Å²) in [6.07, 6.45) is 0.478. The van der Waals surface area contributed by atoms with E-state index in [0.29, 0.717) is 25.9 Å². The van der Waals surface area contributed by atoms with E-state index in [2.05, 4.69) is 30.6 Å². The molecule has 0 spiro atoms. The minimum absolute atomic E-state index is 0.0387. The first-order chi connectivity index (χ1) is 13.0. The van der Waals surface area contributed by atoms with Crippen LogP contribution in [0, 0.1) is 16.7 Å². The molecule has 0 aliphatic carbocycles. The van der Waals surface area contributed by atoms with Gasteiger partial charge in [0.15, 0.2) is 0 Å². The Morgan fingerprint density at radius 1 is 1.21 bits per heavy atom. The third kappa shape index (κ3) is 10.3. The molecule has 0 bridgehead atoms. The van der Waals surface area contributed by atoms with Gasteiger partial charge in [-0.2, -0.15) is 5.26 Å². The summed E-state index contributed by atoms with van der Waals surface area (Å²) in [7, 11) is 0. The first-order valence-electron chi connectivity index (χ1n) is 9.81. The first kappa shape index (κ1) is 23.9. The van der Waals surface area contributed by atoms with Crippen molar-refractivity contribution in [1.29, 1.82) is 5.26 Å². The van der Waals surface area contributed by atoms with Gasteiger partial charge < -0.3 is 20.5 Å². The van der Waals surface area contributed by atoms with E-state index in [-0.39, 0.29) is 5.41 Å². The van der Waals surface area contributed by atoms with Crippen LogP contribution < -0.4 is 10.6 Å². The molecule has 0 aromatic heterocycles. The lowest BCUT2D eigenvalue weighted by atomic mass is 9.88. The lowest BCUT2D eigenvalue weighted by molar-refractivity contribution is 0.0420. The van der Waals surface area contributed by atoms with Crippen molar-refractivity contribution in [1.82, 2.24) is 10.6 Å². The summed E-state index contributed by atoms with van der Waals surface area (Å²) in [6.45, 7) is 10.6. The van der Waals surface area contributed by atoms with Crippen molar-refractivity contribution in [2.45, 2.75) is 71.6 Å². The predicted octanol–water partition coefficient (Wildman–Crippen LogP) is 3.40. The van der Waals surface area contributed by atoms with Crippen molar-refractivity contribution in [2.75, 3.05) is 13.1 Å². The zero-order chi connectivity index (χ0) is 21.2. The quantitative estimate of drug-likeness (QED) is 0.570. The van der Waals surface area contributed by atoms with Crippen LogP contribution in [-0.4, -0.2) is 42.0 Å². The molecule has 0 aliphatic heterocycles. The number of benzene rings is 1. The van der Waals surface area contributed by atoms with E-state index in [1.165, 1.54) is 0 Å². The topological polar surface area (TPSA) is 94.4 Å². The SMILES string of the molecule is CC(C)(CCC#N)CNCC(O)[C@H](Cc1ccccc1)NC(=O)OC(C)(C)C. The van der Waals surface area contributed by atoms with Crippen LogP contribution in [0.25, 0.3) is 0 Å². The average molecular weight is 390 g/mol. The lowest BCUT2D eigenvalue weighted by Crippen LogP contribution is -2.50. The summed E-state index contributed by atoms with van der Waals surface area (Å²) >= 11 is 0. The van der Waals surface area contributed by atoms with Crippen LogP contribution in [0.3, 0.4) is 0 Å². The maximum atomic E-state index is 12.2. The van der Waals surface area contributed by atoms with Crippen LogP contribution >= 0.6 is 0 Å². The number of carbonyl (C=O) groups excluding carboxylic acids is 1. The standard InChI is InChI=1S/C22H35N3O3/c1-21(2,3)28-20(27)25-18(14-17-10-7-6-8-11-17)19(26)15-24-16-22(4,5)12-9-13-23/h6-8,10-11,18-19,24,26H,9,12,14-16H2,1-5H3,(H,25,27)/t18-,19?/m0/s1. The molecule has 0 aliphatic rings. The molecule has 6 nitrogen and oxygen atoms in total. The normalized spacial score (nSPS) is 14.0. The molecule has 3 N–H and O–H groups in total. The lowest BCUT2D eigenvalue weighted by Gasteiger charge is -2.29. The number of hydrogen-bond donors (Lipinski definition) is 3. The van der Waals surface area contributed by atoms with E-state index < -0.39 is 23.8 Å². The molecule has 1 unspecified atom stereocenters. The number of nitrogens with zero attached hydrogens (tertiary/aromatic N) is 1. The molecule has 0 fully saturated rings. The summed E-state index contributed by atoms with van der Waals surface area (Å²) in [6, 6.07) is 11.4. The van der Waals surface area contributed by atoms with Gasteiger partial charge in [0, 0.05) is 19.5 Å². The molecule has 0 radical (unpaired) electrons. The summed E-state index contributed by atoms with van der Waals surface area (Å²) in [5, 5.41) is 25.5. The average Bonchev–Trinajstić information content (AvgIpc) is 2.58. The second-order valence-electron chi connectivity index (χ2n) is 8.96. The maximum Gasteiger partial charge on any atom is 0.407 e. The number of hydrogen-bond acceptors (Lipinski definition) is 5. The van der Waals surface area contributed by atoms with Crippen molar-refractivity contribution >= 4 is 6.09 Å². The molecule has 28 heavy (non-hydrogen) atoms. The Balaban J connectivity index is 2.69. The van der Waals surface area contributed by atoms with Gasteiger partial charge in [0.2, 0.25) is 0 Å². The molecular weight excluding hydrogens is 354 g/mol. The fraction of sp³-hybridized carbons (Fsp3) is 0.636. The van der Waals surface area contributed by atoms with Gasteiger partial charge in [0.25, 0.3) is 0 Å². The second-order valence-corrected chi connectivity index (χ2v) is 8.96. The van der Waals surface area contributed by atoms with E-state index >= 15 is 0 Å². The van der Waals surface area contributed by atoms with E-state index in [0.717, 1.165) is 12.0 Å². The molecule has 2 atom stereocenters. The van der Waals surface area contributed by atoms with E-state index in [4.69, 9.17) is 10.00 Å².